The van der Waals surface area contributed by atoms with E-state index >= 15 is 0 Å². The Hall–Kier alpha value is -3.41. The maximum atomic E-state index is 12.9. The Bertz CT molecular complexity index is 1300. The van der Waals surface area contributed by atoms with Crippen molar-refractivity contribution in [2.75, 3.05) is 0 Å². The largest absolute Gasteiger partial charge is 0.416 e. The molecule has 0 unspecified atom stereocenters. The second-order valence-corrected chi connectivity index (χ2v) is 6.29. The molecule has 0 bridgehead atoms. The van der Waals surface area contributed by atoms with Gasteiger partial charge in [0.1, 0.15) is 11.2 Å². The summed E-state index contributed by atoms with van der Waals surface area (Å²) in [5.74, 6) is 0. The van der Waals surface area contributed by atoms with Crippen LogP contribution in [0, 0.1) is 0 Å². The number of fused-ring (bicyclic) bond motifs is 5. The van der Waals surface area contributed by atoms with Crippen molar-refractivity contribution in [1.29, 1.82) is 0 Å². The summed E-state index contributed by atoms with van der Waals surface area (Å²) in [5, 5.41) is 0.909. The van der Waals surface area contributed by atoms with Gasteiger partial charge < -0.3 is 0 Å². The number of halogens is 3. The SMILES string of the molecule is FC(F)(F)c1ccc(-c2nc3ccccc3c3nc4ccccn4c23)cc1. The van der Waals surface area contributed by atoms with Gasteiger partial charge in [0.2, 0.25) is 0 Å². The van der Waals surface area contributed by atoms with E-state index in [1.807, 2.05) is 53.1 Å². The highest BCUT2D eigenvalue weighted by Crippen LogP contribution is 2.35. The molecule has 0 N–H and O–H groups in total. The van der Waals surface area contributed by atoms with E-state index in [0.717, 1.165) is 39.7 Å². The molecule has 6 heteroatoms. The predicted molar refractivity (Wildman–Crippen MR) is 98.4 cm³/mol. The molecular weight excluding hydrogens is 351 g/mol. The number of hydrogen-bond donors (Lipinski definition) is 0. The van der Waals surface area contributed by atoms with Crippen LogP contribution < -0.4 is 0 Å². The third-order valence-corrected chi connectivity index (χ3v) is 4.63. The molecule has 5 rings (SSSR count). The van der Waals surface area contributed by atoms with Crippen LogP contribution in [0.4, 0.5) is 13.2 Å². The second kappa shape index (κ2) is 5.54. The third kappa shape index (κ3) is 2.44. The molecule has 0 atom stereocenters. The molecule has 3 nitrogen and oxygen atoms in total. The van der Waals surface area contributed by atoms with E-state index in [0.29, 0.717) is 11.3 Å². The van der Waals surface area contributed by atoms with Crippen LogP contribution in [0.3, 0.4) is 0 Å². The standard InChI is InChI=1S/C21H12F3N3/c22-21(23,24)14-10-8-13(9-11-14)18-20-19(15-5-1-2-6-16(15)25-18)26-17-7-3-4-12-27(17)20/h1-12H. The summed E-state index contributed by atoms with van der Waals surface area (Å²) in [7, 11) is 0. The van der Waals surface area contributed by atoms with Crippen LogP contribution in [-0.4, -0.2) is 14.4 Å². The van der Waals surface area contributed by atoms with Crippen molar-refractivity contribution in [2.24, 2.45) is 0 Å². The van der Waals surface area contributed by atoms with Gasteiger partial charge in [0.05, 0.1) is 22.3 Å². The molecule has 3 aromatic heterocycles. The smallest absolute Gasteiger partial charge is 0.298 e. The van der Waals surface area contributed by atoms with Gasteiger partial charge in [0.25, 0.3) is 0 Å². The molecule has 132 valence electrons. The summed E-state index contributed by atoms with van der Waals surface area (Å²) < 4.78 is 40.7. The van der Waals surface area contributed by atoms with Crippen LogP contribution >= 0.6 is 0 Å². The number of aromatic nitrogens is 3. The van der Waals surface area contributed by atoms with Gasteiger partial charge in [-0.3, -0.25) is 4.40 Å². The normalized spacial score (nSPS) is 12.3. The summed E-state index contributed by atoms with van der Waals surface area (Å²) in [6, 6.07) is 18.4. The minimum absolute atomic E-state index is 0.608. The molecule has 27 heavy (non-hydrogen) atoms. The fourth-order valence-corrected chi connectivity index (χ4v) is 3.37. The molecule has 2 aromatic carbocycles. The first-order valence-electron chi connectivity index (χ1n) is 8.35. The van der Waals surface area contributed by atoms with Crippen molar-refractivity contribution in [2.45, 2.75) is 6.18 Å². The number of alkyl halides is 3. The second-order valence-electron chi connectivity index (χ2n) is 6.29. The monoisotopic (exact) mass is 363 g/mol. The topological polar surface area (TPSA) is 30.2 Å². The molecule has 0 aliphatic rings. The molecule has 0 aliphatic carbocycles. The van der Waals surface area contributed by atoms with Crippen LogP contribution in [0.2, 0.25) is 0 Å². The zero-order valence-electron chi connectivity index (χ0n) is 13.9. The summed E-state index contributed by atoms with van der Waals surface area (Å²) in [6.07, 6.45) is -2.48. The van der Waals surface area contributed by atoms with Gasteiger partial charge in [0.15, 0.2) is 0 Å². The molecule has 0 spiro atoms. The number of para-hydroxylation sites is 1. The Morgan fingerprint density at radius 2 is 1.52 bits per heavy atom. The number of rotatable bonds is 1. The Labute approximate surface area is 151 Å². The molecule has 5 aromatic rings. The fraction of sp³-hybridized carbons (Fsp3) is 0.0476. The molecule has 0 amide bonds. The lowest BCUT2D eigenvalue weighted by molar-refractivity contribution is -0.137. The van der Waals surface area contributed by atoms with Crippen molar-refractivity contribution in [1.82, 2.24) is 14.4 Å². The van der Waals surface area contributed by atoms with Gasteiger partial charge in [-0.15, -0.1) is 0 Å². The molecule has 0 saturated carbocycles. The number of imidazole rings is 1. The molecule has 0 saturated heterocycles. The highest BCUT2D eigenvalue weighted by atomic mass is 19.4. The number of hydrogen-bond acceptors (Lipinski definition) is 2. The Balaban J connectivity index is 1.87. The van der Waals surface area contributed by atoms with Crippen molar-refractivity contribution >= 4 is 27.6 Å². The number of nitrogens with zero attached hydrogens (tertiary/aromatic N) is 3. The minimum atomic E-state index is -4.37. The van der Waals surface area contributed by atoms with Gasteiger partial charge in [-0.2, -0.15) is 13.2 Å². The molecular formula is C21H12F3N3. The lowest BCUT2D eigenvalue weighted by atomic mass is 10.1. The van der Waals surface area contributed by atoms with Gasteiger partial charge in [-0.1, -0.05) is 36.4 Å². The minimum Gasteiger partial charge on any atom is -0.298 e. The zero-order valence-corrected chi connectivity index (χ0v) is 13.9. The Morgan fingerprint density at radius 3 is 2.30 bits per heavy atom. The van der Waals surface area contributed by atoms with E-state index in [2.05, 4.69) is 0 Å². The first kappa shape index (κ1) is 15.8. The van der Waals surface area contributed by atoms with Crippen LogP contribution in [-0.2, 0) is 6.18 Å². The predicted octanol–water partition coefficient (Wildman–Crippen LogP) is 5.72. The molecule has 0 aliphatic heterocycles. The van der Waals surface area contributed by atoms with Crippen molar-refractivity contribution in [3.63, 3.8) is 0 Å². The Morgan fingerprint density at radius 1 is 0.778 bits per heavy atom. The van der Waals surface area contributed by atoms with E-state index in [4.69, 9.17) is 9.97 Å². The van der Waals surface area contributed by atoms with Gasteiger partial charge in [-0.05, 0) is 30.3 Å². The van der Waals surface area contributed by atoms with E-state index in [1.54, 1.807) is 0 Å². The summed E-state index contributed by atoms with van der Waals surface area (Å²) in [5.41, 5.74) is 3.62. The number of pyridine rings is 2. The van der Waals surface area contributed by atoms with Gasteiger partial charge in [0, 0.05) is 17.1 Å². The molecule has 0 fully saturated rings. The van der Waals surface area contributed by atoms with Gasteiger partial charge >= 0.3 is 6.18 Å². The lowest BCUT2D eigenvalue weighted by Gasteiger charge is -2.10. The van der Waals surface area contributed by atoms with E-state index < -0.39 is 11.7 Å². The van der Waals surface area contributed by atoms with Crippen LogP contribution in [0.5, 0.6) is 0 Å². The number of benzene rings is 2. The quantitative estimate of drug-likeness (QED) is 0.381. The van der Waals surface area contributed by atoms with E-state index in [-0.39, 0.29) is 0 Å². The summed E-state index contributed by atoms with van der Waals surface area (Å²) >= 11 is 0. The van der Waals surface area contributed by atoms with Crippen molar-refractivity contribution in [3.05, 3.63) is 78.5 Å². The molecule has 3 heterocycles. The van der Waals surface area contributed by atoms with Crippen LogP contribution in [0.15, 0.2) is 72.9 Å². The van der Waals surface area contributed by atoms with Crippen LogP contribution in [0.25, 0.3) is 38.8 Å². The fourth-order valence-electron chi connectivity index (χ4n) is 3.37. The van der Waals surface area contributed by atoms with E-state index in [1.165, 1.54) is 12.1 Å². The third-order valence-electron chi connectivity index (χ3n) is 4.63. The van der Waals surface area contributed by atoms with Crippen LogP contribution in [0.1, 0.15) is 5.56 Å². The maximum Gasteiger partial charge on any atom is 0.416 e. The zero-order chi connectivity index (χ0) is 18.6. The highest BCUT2D eigenvalue weighted by Gasteiger charge is 2.30. The van der Waals surface area contributed by atoms with Gasteiger partial charge in [-0.25, -0.2) is 9.97 Å². The highest BCUT2D eigenvalue weighted by molar-refractivity contribution is 6.08. The van der Waals surface area contributed by atoms with Crippen molar-refractivity contribution < 1.29 is 13.2 Å². The summed E-state index contributed by atoms with van der Waals surface area (Å²) in [4.78, 5) is 9.48. The molecule has 0 radical (unpaired) electrons. The summed E-state index contributed by atoms with van der Waals surface area (Å²) in [6.45, 7) is 0. The van der Waals surface area contributed by atoms with E-state index in [9.17, 15) is 13.2 Å². The van der Waals surface area contributed by atoms with Crippen molar-refractivity contribution in [3.8, 4) is 11.3 Å². The lowest BCUT2D eigenvalue weighted by Crippen LogP contribution is -2.04. The Kier molecular flexibility index (Phi) is 3.25. The average molecular weight is 363 g/mol. The first-order chi connectivity index (χ1) is 13.0. The maximum absolute atomic E-state index is 12.9. The average Bonchev–Trinajstić information content (AvgIpc) is 3.07. The first-order valence-corrected chi connectivity index (χ1v) is 8.35.